The van der Waals surface area contributed by atoms with E-state index in [0.717, 1.165) is 24.3 Å². The summed E-state index contributed by atoms with van der Waals surface area (Å²) < 4.78 is 6.83. The standard InChI is InChI=1S/C19H28N4O3/c1-14(2)17-10-18(21(3)20-17)19(25)23-7-6-22(16(12-23)4-8-24)11-15-5-9-26-13-15/h5,9-10,13-14,16,24H,4,6-8,11-12H2,1-3H3/t16-/m0/s1. The topological polar surface area (TPSA) is 74.7 Å². The van der Waals surface area contributed by atoms with Gasteiger partial charge >= 0.3 is 0 Å². The minimum Gasteiger partial charge on any atom is -0.472 e. The Labute approximate surface area is 154 Å². The number of aromatic nitrogens is 2. The van der Waals surface area contributed by atoms with Gasteiger partial charge in [-0.25, -0.2) is 0 Å². The number of hydrogen-bond acceptors (Lipinski definition) is 5. The van der Waals surface area contributed by atoms with Crippen LogP contribution in [0, 0.1) is 0 Å². The van der Waals surface area contributed by atoms with Gasteiger partial charge in [0.25, 0.3) is 5.91 Å². The number of aliphatic hydroxyl groups excluding tert-OH is 1. The molecule has 7 nitrogen and oxygen atoms in total. The summed E-state index contributed by atoms with van der Waals surface area (Å²) in [6, 6.07) is 3.98. The van der Waals surface area contributed by atoms with Gasteiger partial charge in [0.2, 0.25) is 0 Å². The Hall–Kier alpha value is -2.12. The third kappa shape index (κ3) is 3.99. The van der Waals surface area contributed by atoms with Crippen LogP contribution in [0.15, 0.2) is 29.1 Å². The number of rotatable bonds is 6. The first-order chi connectivity index (χ1) is 12.5. The Morgan fingerprint density at radius 2 is 2.23 bits per heavy atom. The lowest BCUT2D eigenvalue weighted by molar-refractivity contribution is 0.0386. The highest BCUT2D eigenvalue weighted by Crippen LogP contribution is 2.20. The average Bonchev–Trinajstić information content (AvgIpc) is 3.25. The second-order valence-electron chi connectivity index (χ2n) is 7.25. The van der Waals surface area contributed by atoms with Gasteiger partial charge < -0.3 is 14.4 Å². The van der Waals surface area contributed by atoms with Crippen LogP contribution < -0.4 is 0 Å². The van der Waals surface area contributed by atoms with E-state index in [9.17, 15) is 9.90 Å². The number of piperazine rings is 1. The molecule has 1 aliphatic heterocycles. The zero-order valence-corrected chi connectivity index (χ0v) is 15.8. The third-order valence-corrected chi connectivity index (χ3v) is 5.03. The number of hydrogen-bond donors (Lipinski definition) is 1. The smallest absolute Gasteiger partial charge is 0.272 e. The van der Waals surface area contributed by atoms with E-state index in [1.807, 2.05) is 24.1 Å². The van der Waals surface area contributed by atoms with Gasteiger partial charge in [0.05, 0.1) is 18.2 Å². The summed E-state index contributed by atoms with van der Waals surface area (Å²) in [5, 5.41) is 13.9. The number of carbonyl (C=O) groups excluding carboxylic acids is 1. The first kappa shape index (κ1) is 18.7. The minimum absolute atomic E-state index is 0.0119. The molecule has 1 N–H and O–H groups in total. The first-order valence-corrected chi connectivity index (χ1v) is 9.18. The van der Waals surface area contributed by atoms with E-state index < -0.39 is 0 Å². The zero-order valence-electron chi connectivity index (χ0n) is 15.8. The van der Waals surface area contributed by atoms with Crippen LogP contribution in [0.5, 0.6) is 0 Å². The van der Waals surface area contributed by atoms with Crippen molar-refractivity contribution < 1.29 is 14.3 Å². The summed E-state index contributed by atoms with van der Waals surface area (Å²) in [6.45, 7) is 7.08. The SMILES string of the molecule is CC(C)c1cc(C(=O)N2CCN(Cc3ccoc3)[C@@H](CCO)C2)n(C)n1. The first-order valence-electron chi connectivity index (χ1n) is 9.18. The van der Waals surface area contributed by atoms with Gasteiger partial charge in [0.1, 0.15) is 5.69 Å². The molecule has 0 aliphatic carbocycles. The molecule has 3 rings (SSSR count). The van der Waals surface area contributed by atoms with Crippen LogP contribution in [0.25, 0.3) is 0 Å². The highest BCUT2D eigenvalue weighted by Gasteiger charge is 2.31. The summed E-state index contributed by atoms with van der Waals surface area (Å²) in [5.74, 6) is 0.300. The highest BCUT2D eigenvalue weighted by molar-refractivity contribution is 5.92. The van der Waals surface area contributed by atoms with Crippen LogP contribution in [0.3, 0.4) is 0 Å². The van der Waals surface area contributed by atoms with Crippen molar-refractivity contribution in [2.75, 3.05) is 26.2 Å². The fraction of sp³-hybridized carbons (Fsp3) is 0.579. The van der Waals surface area contributed by atoms with E-state index in [0.29, 0.717) is 25.2 Å². The lowest BCUT2D eigenvalue weighted by Crippen LogP contribution is -2.54. The number of aliphatic hydroxyl groups is 1. The normalized spacial score (nSPS) is 18.7. The molecule has 26 heavy (non-hydrogen) atoms. The van der Waals surface area contributed by atoms with Gasteiger partial charge in [-0.15, -0.1) is 0 Å². The molecule has 2 aromatic rings. The van der Waals surface area contributed by atoms with E-state index in [-0.39, 0.29) is 24.5 Å². The number of furan rings is 1. The largest absolute Gasteiger partial charge is 0.472 e. The Kier molecular flexibility index (Phi) is 5.78. The molecule has 0 bridgehead atoms. The summed E-state index contributed by atoms with van der Waals surface area (Å²) in [6.07, 6.45) is 4.06. The van der Waals surface area contributed by atoms with Crippen LogP contribution in [0.1, 0.15) is 47.9 Å². The second-order valence-corrected chi connectivity index (χ2v) is 7.25. The molecule has 3 heterocycles. The van der Waals surface area contributed by atoms with Gasteiger partial charge in [-0.3, -0.25) is 14.4 Å². The van der Waals surface area contributed by atoms with Crippen molar-refractivity contribution in [2.45, 2.75) is 38.8 Å². The molecule has 142 valence electrons. The monoisotopic (exact) mass is 360 g/mol. The molecule has 0 unspecified atom stereocenters. The van der Waals surface area contributed by atoms with Crippen LogP contribution in [0.2, 0.25) is 0 Å². The minimum atomic E-state index is 0.0119. The van der Waals surface area contributed by atoms with Crippen molar-refractivity contribution >= 4 is 5.91 Å². The van der Waals surface area contributed by atoms with Gasteiger partial charge in [-0.2, -0.15) is 5.10 Å². The molecule has 1 amide bonds. The highest BCUT2D eigenvalue weighted by atomic mass is 16.3. The van der Waals surface area contributed by atoms with Crippen molar-refractivity contribution in [1.82, 2.24) is 19.6 Å². The van der Waals surface area contributed by atoms with Crippen LogP contribution in [0.4, 0.5) is 0 Å². The summed E-state index contributed by atoms with van der Waals surface area (Å²) >= 11 is 0. The number of amides is 1. The van der Waals surface area contributed by atoms with E-state index in [2.05, 4.69) is 23.8 Å². The second kappa shape index (κ2) is 8.05. The molecule has 1 aliphatic rings. The van der Waals surface area contributed by atoms with E-state index in [1.165, 1.54) is 0 Å². The summed E-state index contributed by atoms with van der Waals surface area (Å²) in [7, 11) is 1.82. The molecule has 0 radical (unpaired) electrons. The maximum absolute atomic E-state index is 13.0. The summed E-state index contributed by atoms with van der Waals surface area (Å²) in [4.78, 5) is 17.2. The van der Waals surface area contributed by atoms with Gasteiger partial charge in [-0.05, 0) is 24.5 Å². The lowest BCUT2D eigenvalue weighted by atomic mass is 10.1. The predicted molar refractivity (Wildman–Crippen MR) is 97.8 cm³/mol. The number of carbonyl (C=O) groups is 1. The molecule has 0 aromatic carbocycles. The molecule has 1 fully saturated rings. The maximum atomic E-state index is 13.0. The number of nitrogens with zero attached hydrogens (tertiary/aromatic N) is 4. The molecule has 7 heteroatoms. The van der Waals surface area contributed by atoms with Gasteiger partial charge in [0.15, 0.2) is 0 Å². The molecule has 2 aromatic heterocycles. The Morgan fingerprint density at radius 1 is 1.42 bits per heavy atom. The van der Waals surface area contributed by atoms with Crippen molar-refractivity contribution in [1.29, 1.82) is 0 Å². The Bertz CT molecular complexity index is 723. The maximum Gasteiger partial charge on any atom is 0.272 e. The fourth-order valence-corrected chi connectivity index (χ4v) is 3.46. The quantitative estimate of drug-likeness (QED) is 0.851. The average molecular weight is 360 g/mol. The molecule has 1 atom stereocenters. The van der Waals surface area contributed by atoms with E-state index in [1.54, 1.807) is 17.2 Å². The molecule has 1 saturated heterocycles. The molecular formula is C19H28N4O3. The predicted octanol–water partition coefficient (Wildman–Crippen LogP) is 1.85. The van der Waals surface area contributed by atoms with Crippen molar-refractivity contribution in [3.8, 4) is 0 Å². The summed E-state index contributed by atoms with van der Waals surface area (Å²) in [5.41, 5.74) is 2.67. The molecular weight excluding hydrogens is 332 g/mol. The van der Waals surface area contributed by atoms with E-state index >= 15 is 0 Å². The lowest BCUT2D eigenvalue weighted by Gasteiger charge is -2.41. The van der Waals surface area contributed by atoms with Crippen molar-refractivity contribution in [2.24, 2.45) is 7.05 Å². The van der Waals surface area contributed by atoms with Crippen LogP contribution in [-0.4, -0.2) is 62.9 Å². The fourth-order valence-electron chi connectivity index (χ4n) is 3.46. The van der Waals surface area contributed by atoms with Crippen LogP contribution >= 0.6 is 0 Å². The van der Waals surface area contributed by atoms with Crippen LogP contribution in [-0.2, 0) is 13.6 Å². The van der Waals surface area contributed by atoms with Crippen molar-refractivity contribution in [3.05, 3.63) is 41.6 Å². The Morgan fingerprint density at radius 3 is 2.85 bits per heavy atom. The zero-order chi connectivity index (χ0) is 18.7. The molecule has 0 spiro atoms. The van der Waals surface area contributed by atoms with Gasteiger partial charge in [0, 0.05) is 51.4 Å². The van der Waals surface area contributed by atoms with Gasteiger partial charge in [-0.1, -0.05) is 13.8 Å². The molecule has 0 saturated carbocycles. The third-order valence-electron chi connectivity index (χ3n) is 5.03. The van der Waals surface area contributed by atoms with E-state index in [4.69, 9.17) is 4.42 Å². The van der Waals surface area contributed by atoms with Crippen molar-refractivity contribution in [3.63, 3.8) is 0 Å². The Balaban J connectivity index is 1.71. The number of aryl methyl sites for hydroxylation is 1.